The third-order valence-electron chi connectivity index (χ3n) is 7.42. The normalized spacial score (nSPS) is 23.4. The van der Waals surface area contributed by atoms with Crippen molar-refractivity contribution >= 4 is 29.1 Å². The highest BCUT2D eigenvalue weighted by Gasteiger charge is 2.63. The molecule has 1 atom stereocenters. The lowest BCUT2D eigenvalue weighted by Crippen LogP contribution is -2.53. The number of hydrogen-bond donors (Lipinski definition) is 2. The first-order valence-corrected chi connectivity index (χ1v) is 12.5. The Bertz CT molecular complexity index is 1090. The number of carbonyl (C=O) groups is 3. The maximum Gasteiger partial charge on any atom is 0.490 e. The lowest BCUT2D eigenvalue weighted by molar-refractivity contribution is -0.192. The molecule has 2 spiro atoms. The van der Waals surface area contributed by atoms with E-state index in [0.717, 1.165) is 63.4 Å². The zero-order valence-electron chi connectivity index (χ0n) is 19.5. The van der Waals surface area contributed by atoms with E-state index in [0.29, 0.717) is 0 Å². The Kier molecular flexibility index (Phi) is 7.37. The number of carboxylic acids is 1. The number of hydrogen-bond acceptors (Lipinski definition) is 6. The number of fused-ring (bicyclic) bond motifs is 1. The molecule has 3 saturated heterocycles. The average molecular weight is 525 g/mol. The van der Waals surface area contributed by atoms with Gasteiger partial charge in [0, 0.05) is 57.1 Å². The maximum atomic E-state index is 13.0. The molecule has 0 aliphatic carbocycles. The largest absolute Gasteiger partial charge is 0.490 e. The van der Waals surface area contributed by atoms with Crippen LogP contribution < -0.4 is 5.32 Å². The van der Waals surface area contributed by atoms with Gasteiger partial charge in [-0.15, -0.1) is 11.3 Å². The zero-order valence-corrected chi connectivity index (χ0v) is 20.3. The number of amides is 2. The van der Waals surface area contributed by atoms with Crippen molar-refractivity contribution in [1.29, 1.82) is 0 Å². The smallest absolute Gasteiger partial charge is 0.475 e. The Hall–Kier alpha value is -2.99. The van der Waals surface area contributed by atoms with Gasteiger partial charge in [-0.3, -0.25) is 19.5 Å². The van der Waals surface area contributed by atoms with Gasteiger partial charge in [0.25, 0.3) is 5.91 Å². The van der Waals surface area contributed by atoms with E-state index in [9.17, 15) is 22.8 Å². The molecule has 0 aromatic carbocycles. The van der Waals surface area contributed by atoms with Crippen molar-refractivity contribution in [2.24, 2.45) is 10.8 Å². The standard InChI is InChI=1S/C22H26N4O2S.C2HF3O2/c27-19(18-4-2-12-29-18)26-10-6-21(7-11-26)15-25(14-17-3-1-8-23-13-17)16-22(21)5-9-24-20(22)28;3-2(4,5)1(6)7/h1-4,8,12-13H,5-7,9-11,14-16H2,(H,24,28);(H,6,7). The maximum absolute atomic E-state index is 13.0. The van der Waals surface area contributed by atoms with Gasteiger partial charge in [0.2, 0.25) is 5.91 Å². The molecule has 3 fully saturated rings. The predicted molar refractivity (Wildman–Crippen MR) is 125 cm³/mol. The number of halogens is 3. The zero-order chi connectivity index (χ0) is 26.0. The Morgan fingerprint density at radius 2 is 1.86 bits per heavy atom. The number of carbonyl (C=O) groups excluding carboxylic acids is 2. The number of likely N-dealkylation sites (tertiary alicyclic amines) is 2. The fraction of sp³-hybridized carbons (Fsp3) is 0.500. The van der Waals surface area contributed by atoms with Crippen LogP contribution in [0.15, 0.2) is 42.0 Å². The van der Waals surface area contributed by atoms with Gasteiger partial charge in [-0.2, -0.15) is 13.2 Å². The number of aromatic nitrogens is 1. The molecule has 0 radical (unpaired) electrons. The molecule has 12 heteroatoms. The van der Waals surface area contributed by atoms with Crippen molar-refractivity contribution in [3.63, 3.8) is 0 Å². The number of aliphatic carboxylic acids is 1. The van der Waals surface area contributed by atoms with Gasteiger partial charge in [-0.1, -0.05) is 12.1 Å². The van der Waals surface area contributed by atoms with E-state index in [1.807, 2.05) is 34.7 Å². The van der Waals surface area contributed by atoms with E-state index >= 15 is 0 Å². The topological polar surface area (TPSA) is 103 Å². The fourth-order valence-corrected chi connectivity index (χ4v) is 6.40. The molecular weight excluding hydrogens is 497 g/mol. The Balaban J connectivity index is 0.000000384. The number of pyridine rings is 1. The van der Waals surface area contributed by atoms with Gasteiger partial charge in [0.05, 0.1) is 10.3 Å². The van der Waals surface area contributed by atoms with Crippen LogP contribution in [0.1, 0.15) is 34.5 Å². The highest BCUT2D eigenvalue weighted by atomic mass is 32.1. The molecule has 36 heavy (non-hydrogen) atoms. The predicted octanol–water partition coefficient (Wildman–Crippen LogP) is 3.02. The van der Waals surface area contributed by atoms with E-state index in [4.69, 9.17) is 9.90 Å². The van der Waals surface area contributed by atoms with Gasteiger partial charge in [-0.25, -0.2) is 4.79 Å². The van der Waals surface area contributed by atoms with Crippen LogP contribution in [-0.2, 0) is 16.1 Å². The molecule has 2 N–H and O–H groups in total. The highest BCUT2D eigenvalue weighted by Crippen LogP contribution is 2.56. The molecule has 2 aromatic heterocycles. The molecular formula is C24H27F3N4O4S. The molecule has 2 aromatic rings. The first-order valence-electron chi connectivity index (χ1n) is 11.6. The summed E-state index contributed by atoms with van der Waals surface area (Å²) >= 11 is 1.50. The monoisotopic (exact) mass is 524 g/mol. The van der Waals surface area contributed by atoms with Crippen molar-refractivity contribution in [2.45, 2.75) is 32.0 Å². The second kappa shape index (κ2) is 10.2. The SMILES string of the molecule is O=C(O)C(F)(F)F.O=C(c1cccs1)N1CCC2(CC1)CN(Cc1cccnc1)CC21CCNC1=O. The number of rotatable bonds is 3. The summed E-state index contributed by atoms with van der Waals surface area (Å²) in [5, 5.41) is 12.2. The van der Waals surface area contributed by atoms with E-state index in [-0.39, 0.29) is 22.6 Å². The van der Waals surface area contributed by atoms with Crippen molar-refractivity contribution in [1.82, 2.24) is 20.1 Å². The van der Waals surface area contributed by atoms with Gasteiger partial charge in [-0.05, 0) is 42.3 Å². The Morgan fingerprint density at radius 3 is 2.39 bits per heavy atom. The van der Waals surface area contributed by atoms with Crippen LogP contribution in [0.5, 0.6) is 0 Å². The average Bonchev–Trinajstić information content (AvgIpc) is 3.56. The van der Waals surface area contributed by atoms with Crippen LogP contribution >= 0.6 is 11.3 Å². The molecule has 2 amide bonds. The Morgan fingerprint density at radius 1 is 1.14 bits per heavy atom. The summed E-state index contributed by atoms with van der Waals surface area (Å²) in [6.45, 7) is 4.75. The number of piperidine rings is 1. The second-order valence-electron chi connectivity index (χ2n) is 9.45. The summed E-state index contributed by atoms with van der Waals surface area (Å²) in [7, 11) is 0. The molecule has 3 aliphatic rings. The van der Waals surface area contributed by atoms with Crippen LogP contribution in [0.4, 0.5) is 13.2 Å². The van der Waals surface area contributed by atoms with Crippen molar-refractivity contribution in [3.05, 3.63) is 52.5 Å². The van der Waals surface area contributed by atoms with Crippen molar-refractivity contribution in [3.8, 4) is 0 Å². The molecule has 3 aliphatic heterocycles. The van der Waals surface area contributed by atoms with Crippen LogP contribution in [0.2, 0.25) is 0 Å². The number of alkyl halides is 3. The van der Waals surface area contributed by atoms with Crippen LogP contribution in [0.25, 0.3) is 0 Å². The minimum Gasteiger partial charge on any atom is -0.475 e. The second-order valence-corrected chi connectivity index (χ2v) is 10.4. The van der Waals surface area contributed by atoms with Crippen molar-refractivity contribution in [2.75, 3.05) is 32.7 Å². The number of nitrogens with one attached hydrogen (secondary N) is 1. The summed E-state index contributed by atoms with van der Waals surface area (Å²) in [6.07, 6.45) is 1.30. The molecule has 0 saturated carbocycles. The summed E-state index contributed by atoms with van der Waals surface area (Å²) < 4.78 is 31.7. The molecule has 194 valence electrons. The van der Waals surface area contributed by atoms with E-state index in [1.54, 1.807) is 6.20 Å². The third kappa shape index (κ3) is 5.10. The third-order valence-corrected chi connectivity index (χ3v) is 8.28. The highest BCUT2D eigenvalue weighted by molar-refractivity contribution is 7.12. The summed E-state index contributed by atoms with van der Waals surface area (Å²) in [5.74, 6) is -2.42. The number of thiophene rings is 1. The van der Waals surface area contributed by atoms with Gasteiger partial charge >= 0.3 is 12.1 Å². The molecule has 5 rings (SSSR count). The first kappa shape index (κ1) is 26.1. The molecule has 0 bridgehead atoms. The quantitative estimate of drug-likeness (QED) is 0.640. The molecule has 8 nitrogen and oxygen atoms in total. The van der Waals surface area contributed by atoms with E-state index < -0.39 is 12.1 Å². The van der Waals surface area contributed by atoms with Gasteiger partial charge in [0.15, 0.2) is 0 Å². The van der Waals surface area contributed by atoms with Gasteiger partial charge < -0.3 is 15.3 Å². The minimum absolute atomic E-state index is 0.0535. The first-order chi connectivity index (χ1) is 17.1. The van der Waals surface area contributed by atoms with Crippen molar-refractivity contribution < 1.29 is 32.7 Å². The number of carboxylic acid groups (broad SMARTS) is 1. The summed E-state index contributed by atoms with van der Waals surface area (Å²) in [4.78, 5) is 44.2. The van der Waals surface area contributed by atoms with E-state index in [2.05, 4.69) is 21.3 Å². The lowest BCUT2D eigenvalue weighted by Gasteiger charge is -2.46. The number of nitrogens with zero attached hydrogens (tertiary/aromatic N) is 3. The van der Waals surface area contributed by atoms with E-state index in [1.165, 1.54) is 16.9 Å². The van der Waals surface area contributed by atoms with Crippen LogP contribution in [0.3, 0.4) is 0 Å². The van der Waals surface area contributed by atoms with Gasteiger partial charge in [0.1, 0.15) is 0 Å². The molecule has 5 heterocycles. The van der Waals surface area contributed by atoms with Crippen LogP contribution in [-0.4, -0.2) is 76.6 Å². The van der Waals surface area contributed by atoms with Crippen LogP contribution in [0, 0.1) is 10.8 Å². The fourth-order valence-electron chi connectivity index (χ4n) is 5.71. The Labute approximate surface area is 210 Å². The molecule has 1 unspecified atom stereocenters. The minimum atomic E-state index is -5.08. The summed E-state index contributed by atoms with van der Waals surface area (Å²) in [6, 6.07) is 7.89. The lowest BCUT2D eigenvalue weighted by atomic mass is 9.60. The summed E-state index contributed by atoms with van der Waals surface area (Å²) in [5.41, 5.74) is 0.804.